The molecular weight excluding hydrogens is 296 g/mol. The van der Waals surface area contributed by atoms with Crippen LogP contribution in [0.4, 0.5) is 5.69 Å². The number of hydrogen-bond donors (Lipinski definition) is 1. The van der Waals surface area contributed by atoms with Crippen LogP contribution in [0.1, 0.15) is 18.9 Å². The van der Waals surface area contributed by atoms with Crippen molar-refractivity contribution in [3.8, 4) is 0 Å². The van der Waals surface area contributed by atoms with Gasteiger partial charge in [0.1, 0.15) is 0 Å². The van der Waals surface area contributed by atoms with E-state index in [9.17, 15) is 0 Å². The lowest BCUT2D eigenvalue weighted by Crippen LogP contribution is -2.30. The molecule has 0 fully saturated rings. The molecule has 1 aromatic carbocycles. The van der Waals surface area contributed by atoms with Crippen LogP contribution in [0.25, 0.3) is 0 Å². The number of nitrogens with two attached hydrogens (primary N) is 1. The van der Waals surface area contributed by atoms with Crippen LogP contribution >= 0.6 is 27.7 Å². The topological polar surface area (TPSA) is 29.3 Å². The van der Waals surface area contributed by atoms with Crippen molar-refractivity contribution < 1.29 is 0 Å². The van der Waals surface area contributed by atoms with Gasteiger partial charge in [-0.15, -0.1) is 0 Å². The fourth-order valence-electron chi connectivity index (χ4n) is 1.78. The fraction of sp³-hybridized carbons (Fsp3) is 0.538. The van der Waals surface area contributed by atoms with Crippen molar-refractivity contribution in [1.82, 2.24) is 0 Å². The van der Waals surface area contributed by atoms with E-state index in [1.165, 1.54) is 23.4 Å². The molecule has 4 heteroatoms. The molecule has 0 aliphatic heterocycles. The first kappa shape index (κ1) is 14.9. The van der Waals surface area contributed by atoms with Gasteiger partial charge in [-0.2, -0.15) is 11.8 Å². The molecule has 0 bridgehead atoms. The van der Waals surface area contributed by atoms with Gasteiger partial charge >= 0.3 is 0 Å². The number of thioether (sulfide) groups is 1. The highest BCUT2D eigenvalue weighted by atomic mass is 79.9. The molecular formula is C13H21BrN2S. The summed E-state index contributed by atoms with van der Waals surface area (Å²) in [6.07, 6.45) is 3.34. The van der Waals surface area contributed by atoms with Crippen molar-refractivity contribution in [2.45, 2.75) is 25.9 Å². The van der Waals surface area contributed by atoms with E-state index >= 15 is 0 Å². The van der Waals surface area contributed by atoms with E-state index in [0.29, 0.717) is 12.6 Å². The summed E-state index contributed by atoms with van der Waals surface area (Å²) in [7, 11) is 2.15. The second-order valence-electron chi connectivity index (χ2n) is 4.22. The lowest BCUT2D eigenvalue weighted by molar-refractivity contribution is 0.666. The summed E-state index contributed by atoms with van der Waals surface area (Å²) >= 11 is 5.38. The number of halogens is 1. The molecule has 17 heavy (non-hydrogen) atoms. The Morgan fingerprint density at radius 3 is 2.76 bits per heavy atom. The molecule has 0 spiro atoms. The number of benzene rings is 1. The Bertz CT molecular complexity index is 357. The van der Waals surface area contributed by atoms with E-state index in [4.69, 9.17) is 5.73 Å². The highest BCUT2D eigenvalue weighted by Crippen LogP contribution is 2.25. The lowest BCUT2D eigenvalue weighted by atomic mass is 10.1. The van der Waals surface area contributed by atoms with Crippen LogP contribution in [0.3, 0.4) is 0 Å². The van der Waals surface area contributed by atoms with Gasteiger partial charge in [0.15, 0.2) is 0 Å². The zero-order valence-corrected chi connectivity index (χ0v) is 13.1. The minimum Gasteiger partial charge on any atom is -0.372 e. The predicted molar refractivity (Wildman–Crippen MR) is 82.9 cm³/mol. The SMILES string of the molecule is CSCCC(C)N(C)c1ccc(Br)cc1CN. The summed E-state index contributed by atoms with van der Waals surface area (Å²) in [5, 5.41) is 0. The highest BCUT2D eigenvalue weighted by Gasteiger charge is 2.12. The second-order valence-corrected chi connectivity index (χ2v) is 6.12. The van der Waals surface area contributed by atoms with Gasteiger partial charge in [0.25, 0.3) is 0 Å². The highest BCUT2D eigenvalue weighted by molar-refractivity contribution is 9.10. The van der Waals surface area contributed by atoms with Crippen molar-refractivity contribution in [3.05, 3.63) is 28.2 Å². The maximum absolute atomic E-state index is 5.81. The van der Waals surface area contributed by atoms with Gasteiger partial charge in [-0.1, -0.05) is 15.9 Å². The van der Waals surface area contributed by atoms with Crippen molar-refractivity contribution >= 4 is 33.4 Å². The van der Waals surface area contributed by atoms with Crippen LogP contribution in [0, 0.1) is 0 Å². The van der Waals surface area contributed by atoms with Gasteiger partial charge < -0.3 is 10.6 Å². The molecule has 1 aromatic rings. The molecule has 2 N–H and O–H groups in total. The zero-order valence-electron chi connectivity index (χ0n) is 10.7. The van der Waals surface area contributed by atoms with Gasteiger partial charge in [-0.25, -0.2) is 0 Å². The minimum absolute atomic E-state index is 0.536. The average molecular weight is 317 g/mol. The molecule has 0 saturated carbocycles. The van der Waals surface area contributed by atoms with E-state index in [2.05, 4.69) is 59.3 Å². The third-order valence-corrected chi connectivity index (χ3v) is 4.18. The van der Waals surface area contributed by atoms with Crippen LogP contribution in [-0.4, -0.2) is 25.1 Å². The molecule has 1 unspecified atom stereocenters. The van der Waals surface area contributed by atoms with Crippen LogP contribution in [-0.2, 0) is 6.54 Å². The predicted octanol–water partition coefficient (Wildman–Crippen LogP) is 3.49. The maximum Gasteiger partial charge on any atom is 0.0412 e. The van der Waals surface area contributed by atoms with Gasteiger partial charge in [0.2, 0.25) is 0 Å². The molecule has 0 saturated heterocycles. The second kappa shape index (κ2) is 7.29. The first-order chi connectivity index (χ1) is 8.10. The number of anilines is 1. The maximum atomic E-state index is 5.81. The minimum atomic E-state index is 0.536. The van der Waals surface area contributed by atoms with E-state index in [-0.39, 0.29) is 0 Å². The largest absolute Gasteiger partial charge is 0.372 e. The molecule has 0 amide bonds. The van der Waals surface area contributed by atoms with Gasteiger partial charge in [-0.3, -0.25) is 0 Å². The van der Waals surface area contributed by atoms with Crippen LogP contribution in [0.15, 0.2) is 22.7 Å². The Morgan fingerprint density at radius 2 is 2.18 bits per heavy atom. The van der Waals surface area contributed by atoms with Gasteiger partial charge in [0, 0.05) is 29.8 Å². The first-order valence-corrected chi connectivity index (χ1v) is 7.99. The van der Waals surface area contributed by atoms with Gasteiger partial charge in [-0.05, 0) is 49.1 Å². The zero-order chi connectivity index (χ0) is 12.8. The Hall–Kier alpha value is -0.190. The van der Waals surface area contributed by atoms with Crippen LogP contribution < -0.4 is 10.6 Å². The summed E-state index contributed by atoms with van der Waals surface area (Å²) in [6, 6.07) is 6.86. The van der Waals surface area contributed by atoms with Crippen LogP contribution in [0.5, 0.6) is 0 Å². The Labute approximate surface area is 117 Å². The summed E-state index contributed by atoms with van der Waals surface area (Å²) in [5.74, 6) is 1.19. The van der Waals surface area contributed by atoms with Gasteiger partial charge in [0.05, 0.1) is 0 Å². The van der Waals surface area contributed by atoms with E-state index in [1.807, 2.05) is 11.8 Å². The summed E-state index contributed by atoms with van der Waals surface area (Å²) in [5.41, 5.74) is 8.24. The monoisotopic (exact) mass is 316 g/mol. The standard InChI is InChI=1S/C13H21BrN2S/c1-10(6-7-17-3)16(2)13-5-4-12(14)8-11(13)9-15/h4-5,8,10H,6-7,9,15H2,1-3H3. The fourth-order valence-corrected chi connectivity index (χ4v) is 2.77. The Morgan fingerprint density at radius 1 is 1.47 bits per heavy atom. The smallest absolute Gasteiger partial charge is 0.0412 e. The quantitative estimate of drug-likeness (QED) is 0.871. The van der Waals surface area contributed by atoms with E-state index < -0.39 is 0 Å². The third-order valence-electron chi connectivity index (χ3n) is 3.04. The summed E-state index contributed by atoms with van der Waals surface area (Å²) in [4.78, 5) is 2.32. The van der Waals surface area contributed by atoms with Crippen molar-refractivity contribution in [2.24, 2.45) is 5.73 Å². The molecule has 0 aliphatic carbocycles. The van der Waals surface area contributed by atoms with Crippen molar-refractivity contribution in [1.29, 1.82) is 0 Å². The molecule has 1 atom stereocenters. The van der Waals surface area contributed by atoms with Crippen LogP contribution in [0.2, 0.25) is 0 Å². The number of nitrogens with zero attached hydrogens (tertiary/aromatic N) is 1. The lowest BCUT2D eigenvalue weighted by Gasteiger charge is -2.29. The average Bonchev–Trinajstić information content (AvgIpc) is 2.34. The summed E-state index contributed by atoms with van der Waals surface area (Å²) in [6.45, 7) is 2.84. The van der Waals surface area contributed by atoms with E-state index in [1.54, 1.807) is 0 Å². The number of hydrogen-bond acceptors (Lipinski definition) is 3. The Kier molecular flexibility index (Phi) is 6.38. The van der Waals surface area contributed by atoms with Crippen molar-refractivity contribution in [3.63, 3.8) is 0 Å². The molecule has 96 valence electrons. The normalized spacial score (nSPS) is 12.5. The van der Waals surface area contributed by atoms with E-state index in [0.717, 1.165) is 4.47 Å². The molecule has 2 nitrogen and oxygen atoms in total. The molecule has 0 heterocycles. The third kappa shape index (κ3) is 4.19. The Balaban J connectivity index is 2.83. The molecule has 0 aliphatic rings. The number of rotatable bonds is 6. The van der Waals surface area contributed by atoms with Crippen molar-refractivity contribution in [2.75, 3.05) is 24.0 Å². The summed E-state index contributed by atoms with van der Waals surface area (Å²) < 4.78 is 1.09. The molecule has 1 rings (SSSR count). The first-order valence-electron chi connectivity index (χ1n) is 5.80. The molecule has 0 radical (unpaired) electrons. The molecule has 0 aromatic heterocycles.